The van der Waals surface area contributed by atoms with Crippen LogP contribution in [0.2, 0.25) is 0 Å². The van der Waals surface area contributed by atoms with Crippen LogP contribution in [-0.4, -0.2) is 4.98 Å². The maximum Gasteiger partial charge on any atom is 0.273 e. The number of nitrogens with zero attached hydrogens (tertiary/aromatic N) is 1. The fourth-order valence-corrected chi connectivity index (χ4v) is 1.16. The van der Waals surface area contributed by atoms with Gasteiger partial charge in [0.15, 0.2) is 5.13 Å². The molecule has 0 fully saturated rings. The average molecular weight is 142 g/mol. The van der Waals surface area contributed by atoms with E-state index in [1.807, 2.05) is 6.92 Å². The number of aryl methyl sites for hydroxylation is 1. The smallest absolute Gasteiger partial charge is 0.273 e. The third kappa shape index (κ3) is 1.50. The molecule has 0 aliphatic rings. The first-order chi connectivity index (χ1) is 4.18. The number of rotatable bonds is 0. The molecule has 0 unspecified atom stereocenters. The Morgan fingerprint density at radius 1 is 1.78 bits per heavy atom. The second kappa shape index (κ2) is 2.14. The third-order valence-electron chi connectivity index (χ3n) is 0.813. The monoisotopic (exact) mass is 142 g/mol. The van der Waals surface area contributed by atoms with Gasteiger partial charge in [-0.2, -0.15) is 4.98 Å². The standard InChI is InChI=1S/C5H6N2OS/c1-3-2-4(8)7-5(6)9-3/h2H,1H3,(H2,6,7,8). The Kier molecular flexibility index (Phi) is 1.48. The summed E-state index contributed by atoms with van der Waals surface area (Å²) in [6.07, 6.45) is 0. The number of anilines is 1. The first-order valence-corrected chi connectivity index (χ1v) is 3.24. The highest BCUT2D eigenvalue weighted by molar-refractivity contribution is 7.15. The second-order valence-corrected chi connectivity index (χ2v) is 2.91. The van der Waals surface area contributed by atoms with Gasteiger partial charge in [0.05, 0.1) is 0 Å². The van der Waals surface area contributed by atoms with E-state index in [1.54, 1.807) is 0 Å². The zero-order valence-corrected chi connectivity index (χ0v) is 5.73. The van der Waals surface area contributed by atoms with E-state index in [9.17, 15) is 4.79 Å². The zero-order valence-electron chi connectivity index (χ0n) is 4.92. The van der Waals surface area contributed by atoms with Crippen LogP contribution in [0.3, 0.4) is 0 Å². The van der Waals surface area contributed by atoms with Crippen molar-refractivity contribution in [2.24, 2.45) is 0 Å². The SMILES string of the molecule is Cc1cc(=O)nc(N)s1. The third-order valence-corrected chi connectivity index (χ3v) is 1.55. The number of hydrogen-bond acceptors (Lipinski definition) is 4. The summed E-state index contributed by atoms with van der Waals surface area (Å²) in [6, 6.07) is 1.46. The lowest BCUT2D eigenvalue weighted by Crippen LogP contribution is -2.05. The summed E-state index contributed by atoms with van der Waals surface area (Å²) in [6.45, 7) is 1.82. The summed E-state index contributed by atoms with van der Waals surface area (Å²) in [5.74, 6) is 0. The molecule has 0 aliphatic carbocycles. The Labute approximate surface area is 56.2 Å². The van der Waals surface area contributed by atoms with Gasteiger partial charge in [-0.1, -0.05) is 0 Å². The number of aromatic nitrogens is 1. The number of nitrogen functional groups attached to an aromatic ring is 1. The van der Waals surface area contributed by atoms with Crippen LogP contribution in [-0.2, 0) is 0 Å². The minimum absolute atomic E-state index is 0.260. The van der Waals surface area contributed by atoms with Gasteiger partial charge in [-0.05, 0) is 6.92 Å². The Bertz CT molecular complexity index is 245. The highest BCUT2D eigenvalue weighted by Crippen LogP contribution is 2.06. The first-order valence-electron chi connectivity index (χ1n) is 2.43. The maximum absolute atomic E-state index is 10.5. The van der Waals surface area contributed by atoms with Crippen LogP contribution < -0.4 is 11.3 Å². The molecule has 0 saturated heterocycles. The molecule has 9 heavy (non-hydrogen) atoms. The van der Waals surface area contributed by atoms with Crippen molar-refractivity contribution < 1.29 is 0 Å². The molecule has 0 atom stereocenters. The minimum Gasteiger partial charge on any atom is -0.375 e. The summed E-state index contributed by atoms with van der Waals surface area (Å²) in [4.78, 5) is 14.9. The van der Waals surface area contributed by atoms with Crippen molar-refractivity contribution in [1.29, 1.82) is 0 Å². The Morgan fingerprint density at radius 3 is 2.89 bits per heavy atom. The molecular formula is C5H6N2OS. The molecule has 1 heterocycles. The predicted octanol–water partition coefficient (Wildman–Crippen LogP) is 0.394. The Morgan fingerprint density at radius 2 is 2.44 bits per heavy atom. The van der Waals surface area contributed by atoms with Gasteiger partial charge in [-0.15, -0.1) is 11.3 Å². The largest absolute Gasteiger partial charge is 0.375 e. The summed E-state index contributed by atoms with van der Waals surface area (Å²) in [7, 11) is 0. The van der Waals surface area contributed by atoms with Crippen LogP contribution in [0.1, 0.15) is 4.88 Å². The molecule has 1 aromatic heterocycles. The van der Waals surface area contributed by atoms with Crippen molar-refractivity contribution in [1.82, 2.24) is 4.98 Å². The van der Waals surface area contributed by atoms with Crippen molar-refractivity contribution in [2.45, 2.75) is 6.92 Å². The topological polar surface area (TPSA) is 56.0 Å². The molecule has 48 valence electrons. The summed E-state index contributed by atoms with van der Waals surface area (Å²) in [5.41, 5.74) is 5.01. The molecule has 0 aliphatic heterocycles. The quantitative estimate of drug-likeness (QED) is 0.570. The van der Waals surface area contributed by atoms with E-state index in [0.717, 1.165) is 4.88 Å². The van der Waals surface area contributed by atoms with Gasteiger partial charge >= 0.3 is 0 Å². The van der Waals surface area contributed by atoms with E-state index in [4.69, 9.17) is 5.73 Å². The van der Waals surface area contributed by atoms with Gasteiger partial charge in [-0.25, -0.2) is 0 Å². The molecule has 0 bridgehead atoms. The van der Waals surface area contributed by atoms with Gasteiger partial charge < -0.3 is 5.73 Å². The van der Waals surface area contributed by atoms with E-state index >= 15 is 0 Å². The van der Waals surface area contributed by atoms with Crippen molar-refractivity contribution in [2.75, 3.05) is 5.73 Å². The average Bonchev–Trinajstić information content (AvgIpc) is 1.59. The van der Waals surface area contributed by atoms with Crippen LogP contribution in [0.15, 0.2) is 10.9 Å². The lowest BCUT2D eigenvalue weighted by Gasteiger charge is -1.88. The number of hydrogen-bond donors (Lipinski definition) is 1. The van der Waals surface area contributed by atoms with Crippen molar-refractivity contribution in [3.8, 4) is 0 Å². The van der Waals surface area contributed by atoms with Crippen molar-refractivity contribution in [3.05, 3.63) is 21.3 Å². The molecule has 2 N–H and O–H groups in total. The van der Waals surface area contributed by atoms with Gasteiger partial charge in [0, 0.05) is 10.9 Å². The minimum atomic E-state index is -0.260. The lowest BCUT2D eigenvalue weighted by molar-refractivity contribution is 1.27. The maximum atomic E-state index is 10.5. The lowest BCUT2D eigenvalue weighted by atomic mass is 10.5. The molecule has 0 radical (unpaired) electrons. The van der Waals surface area contributed by atoms with Crippen LogP contribution in [0.4, 0.5) is 5.13 Å². The van der Waals surface area contributed by atoms with Crippen LogP contribution in [0, 0.1) is 6.92 Å². The normalized spacial score (nSPS) is 9.44. The molecule has 1 aromatic rings. The highest BCUT2D eigenvalue weighted by atomic mass is 32.1. The van der Waals surface area contributed by atoms with E-state index in [1.165, 1.54) is 17.4 Å². The zero-order chi connectivity index (χ0) is 6.85. The van der Waals surface area contributed by atoms with E-state index < -0.39 is 0 Å². The van der Waals surface area contributed by atoms with E-state index in [-0.39, 0.29) is 5.56 Å². The van der Waals surface area contributed by atoms with Crippen LogP contribution in [0.5, 0.6) is 0 Å². The molecule has 0 amide bonds. The second-order valence-electron chi connectivity index (χ2n) is 1.65. The molecule has 3 nitrogen and oxygen atoms in total. The van der Waals surface area contributed by atoms with Crippen molar-refractivity contribution in [3.63, 3.8) is 0 Å². The van der Waals surface area contributed by atoms with Crippen LogP contribution in [0.25, 0.3) is 0 Å². The van der Waals surface area contributed by atoms with Gasteiger partial charge in [0.1, 0.15) is 0 Å². The molecule has 0 spiro atoms. The summed E-state index contributed by atoms with van der Waals surface area (Å²) >= 11 is 1.31. The molecule has 1 rings (SSSR count). The molecular weight excluding hydrogens is 136 g/mol. The summed E-state index contributed by atoms with van der Waals surface area (Å²) in [5, 5.41) is 0.333. The van der Waals surface area contributed by atoms with Gasteiger partial charge in [0.2, 0.25) is 0 Å². The Balaban J connectivity index is 3.33. The van der Waals surface area contributed by atoms with Gasteiger partial charge in [-0.3, -0.25) is 4.79 Å². The number of nitrogens with two attached hydrogens (primary N) is 1. The van der Waals surface area contributed by atoms with Crippen LogP contribution >= 0.6 is 11.3 Å². The van der Waals surface area contributed by atoms with E-state index in [2.05, 4.69) is 4.98 Å². The highest BCUT2D eigenvalue weighted by Gasteiger charge is 1.90. The summed E-state index contributed by atoms with van der Waals surface area (Å²) < 4.78 is 0. The van der Waals surface area contributed by atoms with E-state index in [0.29, 0.717) is 5.13 Å². The first kappa shape index (κ1) is 6.22. The fourth-order valence-electron chi connectivity index (χ4n) is 0.532. The van der Waals surface area contributed by atoms with Crippen molar-refractivity contribution >= 4 is 16.5 Å². The predicted molar refractivity (Wildman–Crippen MR) is 37.5 cm³/mol. The van der Waals surface area contributed by atoms with Gasteiger partial charge in [0.25, 0.3) is 5.56 Å². The fraction of sp³-hybridized carbons (Fsp3) is 0.200. The Hall–Kier alpha value is -0.900. The molecule has 4 heteroatoms. The molecule has 0 aromatic carbocycles. The molecule has 0 saturated carbocycles.